The first-order valence-electron chi connectivity index (χ1n) is 4.03. The van der Waals surface area contributed by atoms with Crippen molar-refractivity contribution in [2.45, 2.75) is 5.92 Å². The third kappa shape index (κ3) is 1.94. The first-order chi connectivity index (χ1) is 6.07. The van der Waals surface area contributed by atoms with Gasteiger partial charge in [-0.2, -0.15) is 0 Å². The Labute approximate surface area is 86.0 Å². The second kappa shape index (κ2) is 3.10. The molecule has 1 heterocycles. The van der Waals surface area contributed by atoms with Crippen LogP contribution >= 0.6 is 15.9 Å². The van der Waals surface area contributed by atoms with Crippen LogP contribution in [-0.2, 0) is 9.84 Å². The van der Waals surface area contributed by atoms with Gasteiger partial charge in [0.1, 0.15) is 0 Å². The van der Waals surface area contributed by atoms with E-state index in [1.807, 2.05) is 24.3 Å². The minimum Gasteiger partial charge on any atom is -0.229 e. The van der Waals surface area contributed by atoms with E-state index in [0.717, 1.165) is 10.0 Å². The van der Waals surface area contributed by atoms with Crippen molar-refractivity contribution >= 4 is 25.8 Å². The van der Waals surface area contributed by atoms with Crippen molar-refractivity contribution in [2.24, 2.45) is 0 Å². The molecule has 1 aliphatic rings. The molecule has 0 aromatic heterocycles. The van der Waals surface area contributed by atoms with Crippen molar-refractivity contribution in [3.63, 3.8) is 0 Å². The third-order valence-corrected chi connectivity index (χ3v) is 4.60. The Morgan fingerprint density at radius 1 is 1.15 bits per heavy atom. The highest BCUT2D eigenvalue weighted by atomic mass is 79.9. The fraction of sp³-hybridized carbons (Fsp3) is 0.333. The molecule has 1 saturated heterocycles. The Morgan fingerprint density at radius 2 is 1.69 bits per heavy atom. The van der Waals surface area contributed by atoms with E-state index in [0.29, 0.717) is 11.5 Å². The predicted octanol–water partition coefficient (Wildman–Crippen LogP) is 1.96. The highest BCUT2D eigenvalue weighted by Crippen LogP contribution is 2.29. The van der Waals surface area contributed by atoms with Crippen LogP contribution in [-0.4, -0.2) is 19.9 Å². The third-order valence-electron chi connectivity index (χ3n) is 2.25. The highest BCUT2D eigenvalue weighted by Gasteiger charge is 2.34. The van der Waals surface area contributed by atoms with Crippen molar-refractivity contribution in [3.8, 4) is 0 Å². The number of rotatable bonds is 1. The van der Waals surface area contributed by atoms with Crippen molar-refractivity contribution in [1.29, 1.82) is 0 Å². The standard InChI is InChI=1S/C9H9BrO2S/c10-9-3-1-7(2-4-9)8-5-13(11,12)6-8/h1-4,8H,5-6H2. The van der Waals surface area contributed by atoms with E-state index >= 15 is 0 Å². The van der Waals surface area contributed by atoms with E-state index in [2.05, 4.69) is 15.9 Å². The van der Waals surface area contributed by atoms with Gasteiger partial charge in [-0.05, 0) is 17.7 Å². The molecule has 0 atom stereocenters. The second-order valence-corrected chi connectivity index (χ2v) is 6.39. The Kier molecular flexibility index (Phi) is 2.20. The quantitative estimate of drug-likeness (QED) is 0.774. The average Bonchev–Trinajstić information content (AvgIpc) is 2.01. The Hall–Kier alpha value is -0.350. The Balaban J connectivity index is 2.16. The highest BCUT2D eigenvalue weighted by molar-refractivity contribution is 9.10. The van der Waals surface area contributed by atoms with Crippen LogP contribution in [0, 0.1) is 0 Å². The van der Waals surface area contributed by atoms with Crippen LogP contribution in [0.25, 0.3) is 0 Å². The van der Waals surface area contributed by atoms with Crippen molar-refractivity contribution in [2.75, 3.05) is 11.5 Å². The largest absolute Gasteiger partial charge is 0.229 e. The molecule has 0 bridgehead atoms. The lowest BCUT2D eigenvalue weighted by atomic mass is 10.0. The number of hydrogen-bond acceptors (Lipinski definition) is 2. The van der Waals surface area contributed by atoms with Crippen LogP contribution in [0.3, 0.4) is 0 Å². The van der Waals surface area contributed by atoms with E-state index in [4.69, 9.17) is 0 Å². The molecule has 0 aliphatic carbocycles. The first kappa shape index (κ1) is 9.21. The fourth-order valence-corrected chi connectivity index (χ4v) is 3.27. The molecule has 0 spiro atoms. The molecule has 4 heteroatoms. The molecule has 0 saturated carbocycles. The van der Waals surface area contributed by atoms with Gasteiger partial charge in [-0.1, -0.05) is 28.1 Å². The summed E-state index contributed by atoms with van der Waals surface area (Å²) < 4.78 is 22.9. The summed E-state index contributed by atoms with van der Waals surface area (Å²) in [6.45, 7) is 0. The van der Waals surface area contributed by atoms with E-state index in [1.54, 1.807) is 0 Å². The lowest BCUT2D eigenvalue weighted by Crippen LogP contribution is -2.34. The van der Waals surface area contributed by atoms with Crippen LogP contribution < -0.4 is 0 Å². The summed E-state index contributed by atoms with van der Waals surface area (Å²) in [5.41, 5.74) is 1.12. The van der Waals surface area contributed by atoms with Gasteiger partial charge in [0.15, 0.2) is 9.84 Å². The van der Waals surface area contributed by atoms with Crippen LogP contribution in [0.2, 0.25) is 0 Å². The van der Waals surface area contributed by atoms with E-state index < -0.39 is 9.84 Å². The molecule has 1 aromatic carbocycles. The minimum atomic E-state index is -2.70. The van der Waals surface area contributed by atoms with Gasteiger partial charge in [0.2, 0.25) is 0 Å². The van der Waals surface area contributed by atoms with Gasteiger partial charge >= 0.3 is 0 Å². The van der Waals surface area contributed by atoms with Crippen LogP contribution in [0.1, 0.15) is 11.5 Å². The maximum atomic E-state index is 10.9. The van der Waals surface area contributed by atoms with Gasteiger partial charge < -0.3 is 0 Å². The molecule has 13 heavy (non-hydrogen) atoms. The van der Waals surface area contributed by atoms with E-state index in [1.165, 1.54) is 0 Å². The summed E-state index contributed by atoms with van der Waals surface area (Å²) >= 11 is 3.34. The van der Waals surface area contributed by atoms with Crippen LogP contribution in [0.15, 0.2) is 28.7 Å². The maximum absolute atomic E-state index is 10.9. The van der Waals surface area contributed by atoms with Crippen molar-refractivity contribution in [3.05, 3.63) is 34.3 Å². The Bertz CT molecular complexity index is 396. The molecule has 70 valence electrons. The number of sulfone groups is 1. The molecule has 1 aromatic rings. The summed E-state index contributed by atoms with van der Waals surface area (Å²) in [6.07, 6.45) is 0. The van der Waals surface area contributed by atoms with Gasteiger partial charge in [0, 0.05) is 10.4 Å². The van der Waals surface area contributed by atoms with Gasteiger partial charge in [0.25, 0.3) is 0 Å². The summed E-state index contributed by atoms with van der Waals surface area (Å²) in [5, 5.41) is 0. The van der Waals surface area contributed by atoms with Crippen molar-refractivity contribution in [1.82, 2.24) is 0 Å². The van der Waals surface area contributed by atoms with Gasteiger partial charge in [-0.25, -0.2) is 8.42 Å². The predicted molar refractivity (Wildman–Crippen MR) is 55.5 cm³/mol. The molecular formula is C9H9BrO2S. The molecular weight excluding hydrogens is 252 g/mol. The molecule has 0 amide bonds. The smallest absolute Gasteiger partial charge is 0.151 e. The van der Waals surface area contributed by atoms with Gasteiger partial charge in [0.05, 0.1) is 11.5 Å². The summed E-state index contributed by atoms with van der Waals surface area (Å²) in [7, 11) is -2.70. The number of benzene rings is 1. The number of halogens is 1. The van der Waals surface area contributed by atoms with Crippen LogP contribution in [0.4, 0.5) is 0 Å². The molecule has 2 nitrogen and oxygen atoms in total. The first-order valence-corrected chi connectivity index (χ1v) is 6.64. The second-order valence-electron chi connectivity index (χ2n) is 3.33. The fourth-order valence-electron chi connectivity index (χ4n) is 1.49. The average molecular weight is 261 g/mol. The lowest BCUT2D eigenvalue weighted by molar-refractivity contribution is 0.565. The normalized spacial score (nSPS) is 21.0. The van der Waals surface area contributed by atoms with E-state index in [9.17, 15) is 8.42 Å². The molecule has 0 N–H and O–H groups in total. The minimum absolute atomic E-state index is 0.220. The molecule has 0 radical (unpaired) electrons. The lowest BCUT2D eigenvalue weighted by Gasteiger charge is -2.25. The molecule has 1 fully saturated rings. The summed E-state index contributed by atoms with van der Waals surface area (Å²) in [4.78, 5) is 0. The monoisotopic (exact) mass is 260 g/mol. The van der Waals surface area contributed by atoms with Crippen molar-refractivity contribution < 1.29 is 8.42 Å². The van der Waals surface area contributed by atoms with Gasteiger partial charge in [-0.3, -0.25) is 0 Å². The SMILES string of the molecule is O=S1(=O)CC(c2ccc(Br)cc2)C1. The zero-order valence-electron chi connectivity index (χ0n) is 6.90. The molecule has 2 rings (SSSR count). The topological polar surface area (TPSA) is 34.1 Å². The zero-order valence-corrected chi connectivity index (χ0v) is 9.31. The van der Waals surface area contributed by atoms with Crippen LogP contribution in [0.5, 0.6) is 0 Å². The maximum Gasteiger partial charge on any atom is 0.151 e. The summed E-state index contributed by atoms with van der Waals surface area (Å²) in [6, 6.07) is 7.84. The molecule has 0 unspecified atom stereocenters. The van der Waals surface area contributed by atoms with E-state index in [-0.39, 0.29) is 5.92 Å². The Morgan fingerprint density at radius 3 is 2.15 bits per heavy atom. The molecule has 1 aliphatic heterocycles. The summed E-state index contributed by atoms with van der Waals surface area (Å²) in [5.74, 6) is 0.849. The number of hydrogen-bond donors (Lipinski definition) is 0. The zero-order chi connectivity index (χ0) is 9.47. The van der Waals surface area contributed by atoms with Gasteiger partial charge in [-0.15, -0.1) is 0 Å².